The van der Waals surface area contributed by atoms with Gasteiger partial charge in [0.2, 0.25) is 0 Å². The van der Waals surface area contributed by atoms with Crippen molar-refractivity contribution < 1.29 is 10.0 Å². The van der Waals surface area contributed by atoms with Crippen LogP contribution in [0.15, 0.2) is 0 Å². The van der Waals surface area contributed by atoms with Crippen LogP contribution in [0.5, 0.6) is 0 Å². The predicted molar refractivity (Wildman–Crippen MR) is 29.3 cm³/mol. The van der Waals surface area contributed by atoms with Crippen molar-refractivity contribution in [1.82, 2.24) is 0 Å². The average molecular weight is 225 g/mol. The molecule has 0 spiro atoms. The summed E-state index contributed by atoms with van der Waals surface area (Å²) < 4.78 is 0. The zero-order valence-corrected chi connectivity index (χ0v) is 7.73. The molecule has 0 nitrogen and oxygen atoms in total. The fourth-order valence-electron chi connectivity index (χ4n) is 0. The van der Waals surface area contributed by atoms with E-state index in [0.29, 0.717) is 0 Å². The zero-order chi connectivity index (χ0) is 5.45. The van der Waals surface area contributed by atoms with Crippen LogP contribution in [-0.4, -0.2) is 0 Å². The first-order valence-electron chi connectivity index (χ1n) is 0.945. The SMILES string of the molecule is [Cl][Ti]([Cl])([Cl])([Cl])[Cl]. The molecule has 0 amide bonds. The van der Waals surface area contributed by atoms with Crippen LogP contribution in [0.4, 0.5) is 0 Å². The van der Waals surface area contributed by atoms with Crippen LogP contribution in [0.25, 0.3) is 0 Å². The van der Waals surface area contributed by atoms with Gasteiger partial charge in [0, 0.05) is 0 Å². The molecule has 0 atom stereocenters. The Morgan fingerprint density at radius 2 is 0.667 bits per heavy atom. The summed E-state index contributed by atoms with van der Waals surface area (Å²) in [5, 5.41) is 0. The predicted octanol–water partition coefficient (Wildman–Crippen LogP) is 3.44. The molecule has 0 rings (SSSR count). The summed E-state index contributed by atoms with van der Waals surface area (Å²) in [5.41, 5.74) is 0. The van der Waals surface area contributed by atoms with E-state index in [9.17, 15) is 0 Å². The maximum atomic E-state index is 5.04. The van der Waals surface area contributed by atoms with E-state index >= 15 is 0 Å². The van der Waals surface area contributed by atoms with E-state index in [2.05, 4.69) is 0 Å². The van der Waals surface area contributed by atoms with Crippen LogP contribution in [0.1, 0.15) is 0 Å². The molecule has 0 bridgehead atoms. The fraction of sp³-hybridized carbons (Fsp3) is 0. The van der Waals surface area contributed by atoms with Crippen molar-refractivity contribution in [3.05, 3.63) is 0 Å². The Labute approximate surface area is 55.9 Å². The third-order valence-corrected chi connectivity index (χ3v) is 0. The molecule has 39 valence electrons. The molecule has 0 saturated carbocycles. The van der Waals surface area contributed by atoms with Crippen LogP contribution in [0.2, 0.25) is 0 Å². The van der Waals surface area contributed by atoms with E-state index in [1.165, 1.54) is 0 Å². The minimum absolute atomic E-state index is 4.24. The van der Waals surface area contributed by atoms with Gasteiger partial charge in [-0.1, -0.05) is 0 Å². The second-order valence-electron chi connectivity index (χ2n) is 0.714. The van der Waals surface area contributed by atoms with Crippen LogP contribution in [-0.2, 0) is 10.0 Å². The summed E-state index contributed by atoms with van der Waals surface area (Å²) >= 11 is 0. The van der Waals surface area contributed by atoms with Gasteiger partial charge in [0.05, 0.1) is 0 Å². The second-order valence-corrected chi connectivity index (χ2v) is 26.5. The van der Waals surface area contributed by atoms with Gasteiger partial charge in [0.1, 0.15) is 0 Å². The van der Waals surface area contributed by atoms with Gasteiger partial charge in [0.15, 0.2) is 0 Å². The summed E-state index contributed by atoms with van der Waals surface area (Å²) in [4.78, 5) is 0. The van der Waals surface area contributed by atoms with Crippen molar-refractivity contribution >= 4 is 46.5 Å². The summed E-state index contributed by atoms with van der Waals surface area (Å²) in [5.74, 6) is 0. The van der Waals surface area contributed by atoms with Gasteiger partial charge in [-0.2, -0.15) is 0 Å². The van der Waals surface area contributed by atoms with Gasteiger partial charge < -0.3 is 0 Å². The van der Waals surface area contributed by atoms with Crippen LogP contribution >= 0.6 is 46.5 Å². The van der Waals surface area contributed by atoms with Crippen molar-refractivity contribution in [2.24, 2.45) is 0 Å². The van der Waals surface area contributed by atoms with E-state index in [1.54, 1.807) is 0 Å². The van der Waals surface area contributed by atoms with Crippen LogP contribution in [0.3, 0.4) is 0 Å². The summed E-state index contributed by atoms with van der Waals surface area (Å²) in [6.07, 6.45) is 0. The number of hydrogen-bond acceptors (Lipinski definition) is 0. The van der Waals surface area contributed by atoms with E-state index in [1.807, 2.05) is 0 Å². The number of halogens is 5. The molecule has 0 radical (unpaired) electrons. The molecule has 0 aliphatic heterocycles. The topological polar surface area (TPSA) is 0 Å². The molecule has 0 N–H and O–H groups in total. The molecule has 6 heteroatoms. The van der Waals surface area contributed by atoms with Gasteiger partial charge in [0.25, 0.3) is 0 Å². The van der Waals surface area contributed by atoms with Crippen molar-refractivity contribution in [3.8, 4) is 0 Å². The van der Waals surface area contributed by atoms with Gasteiger partial charge in [-0.15, -0.1) is 0 Å². The first kappa shape index (κ1) is 8.16. The standard InChI is InChI=1S/5ClH.Ti/h5*1H;/q;;;;;+5/p-5. The van der Waals surface area contributed by atoms with Crippen molar-refractivity contribution in [1.29, 1.82) is 0 Å². The van der Waals surface area contributed by atoms with Gasteiger partial charge in [-0.05, 0) is 0 Å². The quantitative estimate of drug-likeness (QED) is 0.554. The zero-order valence-electron chi connectivity index (χ0n) is 2.39. The van der Waals surface area contributed by atoms with E-state index in [4.69, 9.17) is 46.5 Å². The minimum atomic E-state index is -4.24. The van der Waals surface area contributed by atoms with Crippen molar-refractivity contribution in [2.45, 2.75) is 0 Å². The Bertz CT molecular complexity index is 37.1. The normalized spacial score (nSPS) is 19.2. The Morgan fingerprint density at radius 3 is 0.667 bits per heavy atom. The molecule has 0 aliphatic carbocycles. The molecule has 0 aliphatic rings. The van der Waals surface area contributed by atoms with Gasteiger partial charge in [-0.25, -0.2) is 0 Å². The molecule has 0 aromatic rings. The molecule has 0 aromatic carbocycles. The van der Waals surface area contributed by atoms with E-state index < -0.39 is 10.0 Å². The third kappa shape index (κ3) is 35.1. The van der Waals surface area contributed by atoms with E-state index in [-0.39, 0.29) is 0 Å². The Hall–Kier alpha value is 2.16. The van der Waals surface area contributed by atoms with Gasteiger partial charge >= 0.3 is 56.5 Å². The van der Waals surface area contributed by atoms with Gasteiger partial charge in [-0.3, -0.25) is 0 Å². The Balaban J connectivity index is 3.73. The molecule has 0 fully saturated rings. The molecule has 0 saturated heterocycles. The summed E-state index contributed by atoms with van der Waals surface area (Å²) in [6.45, 7) is 0. The van der Waals surface area contributed by atoms with Crippen LogP contribution < -0.4 is 0 Å². The molecule has 0 unspecified atom stereocenters. The Kier molecular flexibility index (Phi) is 2.50. The average Bonchev–Trinajstić information content (AvgIpc) is 0.650. The van der Waals surface area contributed by atoms with Crippen LogP contribution in [0, 0.1) is 0 Å². The van der Waals surface area contributed by atoms with Crippen molar-refractivity contribution in [2.75, 3.05) is 0 Å². The molecular formula is Cl5Ti. The molecule has 6 heavy (non-hydrogen) atoms. The summed E-state index contributed by atoms with van der Waals surface area (Å²) in [7, 11) is 21.0. The first-order chi connectivity index (χ1) is 2.24. The molecular weight excluding hydrogens is 225 g/mol. The molecule has 0 aromatic heterocycles. The first-order valence-corrected chi connectivity index (χ1v) is 11.7. The number of hydrogen-bond donors (Lipinski definition) is 0. The fourth-order valence-corrected chi connectivity index (χ4v) is 0. The third-order valence-electron chi connectivity index (χ3n) is 0. The van der Waals surface area contributed by atoms with Crippen molar-refractivity contribution in [3.63, 3.8) is 0 Å². The monoisotopic (exact) mass is 223 g/mol. The number of rotatable bonds is 0. The molecule has 0 heterocycles. The second kappa shape index (κ2) is 1.84. The Morgan fingerprint density at radius 1 is 0.667 bits per heavy atom. The maximum absolute atomic E-state index is 5.04. The summed E-state index contributed by atoms with van der Waals surface area (Å²) in [6, 6.07) is 0. The van der Waals surface area contributed by atoms with E-state index in [0.717, 1.165) is 0 Å².